The van der Waals surface area contributed by atoms with Crippen LogP contribution in [-0.2, 0) is 4.79 Å². The number of halogens is 2. The van der Waals surface area contributed by atoms with Crippen molar-refractivity contribution in [1.29, 1.82) is 0 Å². The molecule has 0 fully saturated rings. The van der Waals surface area contributed by atoms with Crippen LogP contribution >= 0.6 is 0 Å². The summed E-state index contributed by atoms with van der Waals surface area (Å²) in [7, 11) is 0. The smallest absolute Gasteiger partial charge is 0.257 e. The topological polar surface area (TPSA) is 84.2 Å². The minimum absolute atomic E-state index is 0.0668. The second kappa shape index (κ2) is 7.54. The van der Waals surface area contributed by atoms with Crippen LogP contribution in [0.1, 0.15) is 23.7 Å². The van der Waals surface area contributed by atoms with Crippen LogP contribution in [-0.4, -0.2) is 30.9 Å². The molecule has 2 amide bonds. The van der Waals surface area contributed by atoms with Crippen LogP contribution in [0.25, 0.3) is 0 Å². The number of nitrogens with one attached hydrogen (secondary N) is 2. The SMILES string of the molecule is CC(N)CC(=O)NCCNC(=O)c1c(F)cccc1F. The average Bonchev–Trinajstić information content (AvgIpc) is 2.33. The number of benzene rings is 1. The van der Waals surface area contributed by atoms with Gasteiger partial charge in [-0.05, 0) is 19.1 Å². The zero-order chi connectivity index (χ0) is 15.1. The summed E-state index contributed by atoms with van der Waals surface area (Å²) in [4.78, 5) is 22.8. The highest BCUT2D eigenvalue weighted by atomic mass is 19.1. The number of nitrogens with two attached hydrogens (primary N) is 1. The van der Waals surface area contributed by atoms with Crippen molar-refractivity contribution in [2.45, 2.75) is 19.4 Å². The Morgan fingerprint density at radius 3 is 2.30 bits per heavy atom. The van der Waals surface area contributed by atoms with E-state index in [0.717, 1.165) is 12.1 Å². The highest BCUT2D eigenvalue weighted by Crippen LogP contribution is 2.11. The van der Waals surface area contributed by atoms with Crippen LogP contribution in [0.2, 0.25) is 0 Å². The van der Waals surface area contributed by atoms with E-state index in [0.29, 0.717) is 0 Å². The first kappa shape index (κ1) is 16.0. The number of carbonyl (C=O) groups excluding carboxylic acids is 2. The van der Waals surface area contributed by atoms with Crippen LogP contribution in [0, 0.1) is 11.6 Å². The molecule has 0 saturated carbocycles. The second-order valence-electron chi connectivity index (χ2n) is 4.38. The lowest BCUT2D eigenvalue weighted by Gasteiger charge is -2.09. The third kappa shape index (κ3) is 4.93. The molecule has 20 heavy (non-hydrogen) atoms. The molecule has 0 bridgehead atoms. The van der Waals surface area contributed by atoms with E-state index >= 15 is 0 Å². The standard InChI is InChI=1S/C13H17F2N3O2/c1-8(16)7-11(19)17-5-6-18-13(20)12-9(14)3-2-4-10(12)15/h2-4,8H,5-7,16H2,1H3,(H,17,19)(H,18,20). The van der Waals surface area contributed by atoms with Gasteiger partial charge < -0.3 is 16.4 Å². The number of hydrogen-bond acceptors (Lipinski definition) is 3. The fourth-order valence-corrected chi connectivity index (χ4v) is 1.55. The van der Waals surface area contributed by atoms with Crippen molar-refractivity contribution in [1.82, 2.24) is 10.6 Å². The number of hydrogen-bond donors (Lipinski definition) is 3. The summed E-state index contributed by atoms with van der Waals surface area (Å²) >= 11 is 0. The maximum Gasteiger partial charge on any atom is 0.257 e. The van der Waals surface area contributed by atoms with Crippen LogP contribution in [0.3, 0.4) is 0 Å². The molecule has 1 aromatic carbocycles. The number of rotatable bonds is 6. The van der Waals surface area contributed by atoms with Gasteiger partial charge in [0.25, 0.3) is 5.91 Å². The quantitative estimate of drug-likeness (QED) is 0.667. The lowest BCUT2D eigenvalue weighted by Crippen LogP contribution is -2.37. The summed E-state index contributed by atoms with van der Waals surface area (Å²) in [5.41, 5.74) is 4.81. The predicted molar refractivity (Wildman–Crippen MR) is 70.0 cm³/mol. The minimum Gasteiger partial charge on any atom is -0.354 e. The van der Waals surface area contributed by atoms with Crippen LogP contribution in [0.15, 0.2) is 18.2 Å². The van der Waals surface area contributed by atoms with Gasteiger partial charge in [0.2, 0.25) is 5.91 Å². The second-order valence-corrected chi connectivity index (χ2v) is 4.38. The van der Waals surface area contributed by atoms with Gasteiger partial charge in [0.1, 0.15) is 17.2 Å². The van der Waals surface area contributed by atoms with E-state index in [1.54, 1.807) is 6.92 Å². The molecule has 1 aromatic rings. The van der Waals surface area contributed by atoms with Crippen LogP contribution in [0.4, 0.5) is 8.78 Å². The molecule has 0 aliphatic carbocycles. The molecule has 4 N–H and O–H groups in total. The summed E-state index contributed by atoms with van der Waals surface area (Å²) in [6.45, 7) is 1.92. The van der Waals surface area contributed by atoms with Gasteiger partial charge in [-0.15, -0.1) is 0 Å². The molecular formula is C13H17F2N3O2. The first-order valence-electron chi connectivity index (χ1n) is 6.16. The lowest BCUT2D eigenvalue weighted by molar-refractivity contribution is -0.121. The molecular weight excluding hydrogens is 268 g/mol. The van der Waals surface area contributed by atoms with Crippen molar-refractivity contribution in [2.24, 2.45) is 5.73 Å². The summed E-state index contributed by atoms with van der Waals surface area (Å²) in [6, 6.07) is 2.93. The van der Waals surface area contributed by atoms with E-state index in [4.69, 9.17) is 5.73 Å². The zero-order valence-corrected chi connectivity index (χ0v) is 11.1. The molecule has 0 aliphatic heterocycles. The Morgan fingerprint density at radius 1 is 1.20 bits per heavy atom. The van der Waals surface area contributed by atoms with E-state index in [9.17, 15) is 18.4 Å². The molecule has 110 valence electrons. The van der Waals surface area contributed by atoms with E-state index < -0.39 is 23.1 Å². The molecule has 1 rings (SSSR count). The molecule has 5 nitrogen and oxygen atoms in total. The normalized spacial score (nSPS) is 11.8. The maximum atomic E-state index is 13.3. The maximum absolute atomic E-state index is 13.3. The Bertz CT molecular complexity index is 472. The highest BCUT2D eigenvalue weighted by molar-refractivity contribution is 5.94. The van der Waals surface area contributed by atoms with Crippen molar-refractivity contribution in [3.05, 3.63) is 35.4 Å². The molecule has 0 heterocycles. The van der Waals surface area contributed by atoms with Gasteiger partial charge in [-0.3, -0.25) is 9.59 Å². The zero-order valence-electron chi connectivity index (χ0n) is 11.1. The van der Waals surface area contributed by atoms with Crippen molar-refractivity contribution >= 4 is 11.8 Å². The lowest BCUT2D eigenvalue weighted by atomic mass is 10.2. The van der Waals surface area contributed by atoms with Gasteiger partial charge >= 0.3 is 0 Å². The number of amides is 2. The largest absolute Gasteiger partial charge is 0.354 e. The van der Waals surface area contributed by atoms with Gasteiger partial charge in [0, 0.05) is 25.6 Å². The average molecular weight is 285 g/mol. The molecule has 1 atom stereocenters. The van der Waals surface area contributed by atoms with E-state index in [2.05, 4.69) is 10.6 Å². The van der Waals surface area contributed by atoms with Crippen LogP contribution in [0.5, 0.6) is 0 Å². The van der Waals surface area contributed by atoms with Crippen molar-refractivity contribution in [2.75, 3.05) is 13.1 Å². The van der Waals surface area contributed by atoms with Crippen molar-refractivity contribution in [3.63, 3.8) is 0 Å². The summed E-state index contributed by atoms with van der Waals surface area (Å²) in [6.07, 6.45) is 0.176. The van der Waals surface area contributed by atoms with Gasteiger partial charge in [0.15, 0.2) is 0 Å². The first-order chi connectivity index (χ1) is 9.41. The highest BCUT2D eigenvalue weighted by Gasteiger charge is 2.16. The number of carbonyl (C=O) groups is 2. The summed E-state index contributed by atoms with van der Waals surface area (Å²) < 4.78 is 26.6. The fourth-order valence-electron chi connectivity index (χ4n) is 1.55. The molecule has 0 aromatic heterocycles. The third-order valence-corrected chi connectivity index (χ3v) is 2.43. The Morgan fingerprint density at radius 2 is 1.75 bits per heavy atom. The minimum atomic E-state index is -0.927. The Kier molecular flexibility index (Phi) is 6.05. The molecule has 7 heteroatoms. The monoisotopic (exact) mass is 285 g/mol. The van der Waals surface area contributed by atoms with Gasteiger partial charge in [-0.1, -0.05) is 6.07 Å². The van der Waals surface area contributed by atoms with E-state index in [1.807, 2.05) is 0 Å². The fraction of sp³-hybridized carbons (Fsp3) is 0.385. The van der Waals surface area contributed by atoms with Gasteiger partial charge in [0.05, 0.1) is 0 Å². The molecule has 0 radical (unpaired) electrons. The molecule has 0 saturated heterocycles. The summed E-state index contributed by atoms with van der Waals surface area (Å²) in [5, 5.41) is 4.85. The van der Waals surface area contributed by atoms with Gasteiger partial charge in [-0.2, -0.15) is 0 Å². The molecule has 0 aliphatic rings. The summed E-state index contributed by atoms with van der Waals surface area (Å²) in [5.74, 6) is -2.96. The third-order valence-electron chi connectivity index (χ3n) is 2.43. The molecule has 0 spiro atoms. The first-order valence-corrected chi connectivity index (χ1v) is 6.16. The molecule has 1 unspecified atom stereocenters. The Labute approximate surface area is 115 Å². The van der Waals surface area contributed by atoms with Crippen LogP contribution < -0.4 is 16.4 Å². The predicted octanol–water partition coefficient (Wildman–Crippen LogP) is 0.548. The van der Waals surface area contributed by atoms with Crippen molar-refractivity contribution in [3.8, 4) is 0 Å². The van der Waals surface area contributed by atoms with Crippen molar-refractivity contribution < 1.29 is 18.4 Å². The Balaban J connectivity index is 2.39. The van der Waals surface area contributed by atoms with E-state index in [-0.39, 0.29) is 31.5 Å². The van der Waals surface area contributed by atoms with Gasteiger partial charge in [-0.25, -0.2) is 8.78 Å². The Hall–Kier alpha value is -2.02. The van der Waals surface area contributed by atoms with E-state index in [1.165, 1.54) is 6.07 Å².